The minimum absolute atomic E-state index is 0.440. The Hall–Kier alpha value is -1.14. The van der Waals surface area contributed by atoms with E-state index >= 15 is 0 Å². The van der Waals surface area contributed by atoms with Crippen LogP contribution in [0.4, 0.5) is 0 Å². The van der Waals surface area contributed by atoms with Crippen molar-refractivity contribution in [1.29, 1.82) is 0 Å². The molecule has 5 N–H and O–H groups in total. The first-order valence-corrected chi connectivity index (χ1v) is 5.02. The second-order valence-corrected chi connectivity index (χ2v) is 4.85. The zero-order valence-corrected chi connectivity index (χ0v) is 10.1. The number of aliphatic carboxylic acids is 1. The zero-order valence-electron chi connectivity index (χ0n) is 10.1. The summed E-state index contributed by atoms with van der Waals surface area (Å²) in [6.45, 7) is 6.80. The van der Waals surface area contributed by atoms with Gasteiger partial charge in [0.05, 0.1) is 0 Å². The smallest absolute Gasteiger partial charge is 0.324 e. The van der Waals surface area contributed by atoms with Crippen LogP contribution in [-0.2, 0) is 14.3 Å². The molecular formula is C10H20N2O4. The van der Waals surface area contributed by atoms with Crippen molar-refractivity contribution in [2.24, 2.45) is 16.9 Å². The lowest BCUT2D eigenvalue weighted by Crippen LogP contribution is -2.48. The zero-order chi connectivity index (χ0) is 13.1. The molecule has 94 valence electrons. The van der Waals surface area contributed by atoms with Gasteiger partial charge in [-0.2, -0.15) is 0 Å². The number of esters is 1. The van der Waals surface area contributed by atoms with Gasteiger partial charge in [-0.1, -0.05) is 20.8 Å². The highest BCUT2D eigenvalue weighted by Crippen LogP contribution is 2.18. The maximum Gasteiger partial charge on any atom is 0.324 e. The van der Waals surface area contributed by atoms with E-state index in [4.69, 9.17) is 21.3 Å². The maximum atomic E-state index is 11.5. The first kappa shape index (κ1) is 14.9. The Morgan fingerprint density at radius 1 is 1.25 bits per heavy atom. The Balaban J connectivity index is 4.41. The summed E-state index contributed by atoms with van der Waals surface area (Å²) in [4.78, 5) is 22.1. The number of hydrogen-bond acceptors (Lipinski definition) is 5. The van der Waals surface area contributed by atoms with Gasteiger partial charge in [0.25, 0.3) is 0 Å². The third-order valence-corrected chi connectivity index (χ3v) is 2.28. The van der Waals surface area contributed by atoms with Crippen molar-refractivity contribution < 1.29 is 19.4 Å². The van der Waals surface area contributed by atoms with E-state index in [0.29, 0.717) is 0 Å². The third-order valence-electron chi connectivity index (χ3n) is 2.28. The predicted octanol–water partition coefficient (Wildman–Crippen LogP) is -0.297. The molecule has 6 heteroatoms. The molecule has 0 fully saturated rings. The first-order chi connectivity index (χ1) is 7.07. The van der Waals surface area contributed by atoms with Gasteiger partial charge in [0.2, 0.25) is 0 Å². The minimum atomic E-state index is -1.24. The highest BCUT2D eigenvalue weighted by Gasteiger charge is 2.32. The van der Waals surface area contributed by atoms with Crippen LogP contribution in [-0.4, -0.2) is 35.2 Å². The molecular weight excluding hydrogens is 212 g/mol. The monoisotopic (exact) mass is 232 g/mol. The van der Waals surface area contributed by atoms with Crippen molar-refractivity contribution in [1.82, 2.24) is 0 Å². The summed E-state index contributed by atoms with van der Waals surface area (Å²) >= 11 is 0. The summed E-state index contributed by atoms with van der Waals surface area (Å²) in [6, 6.07) is -2.05. The third kappa shape index (κ3) is 4.16. The largest absolute Gasteiger partial charge is 0.480 e. The van der Waals surface area contributed by atoms with Crippen molar-refractivity contribution in [3.05, 3.63) is 0 Å². The summed E-state index contributed by atoms with van der Waals surface area (Å²) in [5, 5.41) is 8.62. The molecule has 0 aliphatic carbocycles. The van der Waals surface area contributed by atoms with Crippen LogP contribution >= 0.6 is 0 Å². The highest BCUT2D eigenvalue weighted by atomic mass is 16.5. The molecule has 0 heterocycles. The van der Waals surface area contributed by atoms with Gasteiger partial charge in [-0.15, -0.1) is 0 Å². The molecule has 0 saturated heterocycles. The van der Waals surface area contributed by atoms with Crippen molar-refractivity contribution in [3.63, 3.8) is 0 Å². The number of carboxylic acid groups (broad SMARTS) is 1. The molecule has 0 bridgehead atoms. The molecule has 0 unspecified atom stereocenters. The van der Waals surface area contributed by atoms with Crippen molar-refractivity contribution in [2.45, 2.75) is 45.9 Å². The quantitative estimate of drug-likeness (QED) is 0.573. The SMILES string of the molecule is C[C@@H](OC(=O)[C@@H](N)C(C)(C)C)[C@H](N)C(=O)O. The lowest BCUT2D eigenvalue weighted by molar-refractivity contribution is -0.156. The van der Waals surface area contributed by atoms with Gasteiger partial charge in [0.15, 0.2) is 0 Å². The number of nitrogens with two attached hydrogens (primary N) is 2. The van der Waals surface area contributed by atoms with Crippen LogP contribution in [0.1, 0.15) is 27.7 Å². The first-order valence-electron chi connectivity index (χ1n) is 5.02. The molecule has 16 heavy (non-hydrogen) atoms. The van der Waals surface area contributed by atoms with Gasteiger partial charge >= 0.3 is 11.9 Å². The number of hydrogen-bond donors (Lipinski definition) is 3. The van der Waals surface area contributed by atoms with E-state index < -0.39 is 35.5 Å². The fourth-order valence-electron chi connectivity index (χ4n) is 0.884. The number of carboxylic acids is 1. The summed E-state index contributed by atoms with van der Waals surface area (Å²) in [6.07, 6.45) is -0.904. The van der Waals surface area contributed by atoms with E-state index in [1.165, 1.54) is 6.92 Å². The van der Waals surface area contributed by atoms with Crippen LogP contribution in [0.5, 0.6) is 0 Å². The van der Waals surface area contributed by atoms with Crippen LogP contribution in [0.15, 0.2) is 0 Å². The van der Waals surface area contributed by atoms with Gasteiger partial charge in [0, 0.05) is 0 Å². The van der Waals surface area contributed by atoms with Crippen LogP contribution in [0.3, 0.4) is 0 Å². The van der Waals surface area contributed by atoms with Crippen LogP contribution < -0.4 is 11.5 Å². The summed E-state index contributed by atoms with van der Waals surface area (Å²) in [5.74, 6) is -1.86. The predicted molar refractivity (Wildman–Crippen MR) is 58.6 cm³/mol. The van der Waals surface area contributed by atoms with Crippen LogP contribution in [0.25, 0.3) is 0 Å². The fourth-order valence-corrected chi connectivity index (χ4v) is 0.884. The Labute approximate surface area is 94.9 Å². The Morgan fingerprint density at radius 2 is 1.69 bits per heavy atom. The number of carbonyl (C=O) groups is 2. The Morgan fingerprint density at radius 3 is 2.00 bits per heavy atom. The van der Waals surface area contributed by atoms with Crippen LogP contribution in [0, 0.1) is 5.41 Å². The Bertz CT molecular complexity index is 272. The van der Waals surface area contributed by atoms with Crippen molar-refractivity contribution >= 4 is 11.9 Å². The number of ether oxygens (including phenoxy) is 1. The molecule has 0 saturated carbocycles. The second kappa shape index (κ2) is 5.27. The molecule has 0 spiro atoms. The van der Waals surface area contributed by atoms with Gasteiger partial charge in [-0.3, -0.25) is 9.59 Å². The van der Waals surface area contributed by atoms with Crippen molar-refractivity contribution in [3.8, 4) is 0 Å². The van der Waals surface area contributed by atoms with E-state index in [1.807, 2.05) is 0 Å². The van der Waals surface area contributed by atoms with E-state index in [1.54, 1.807) is 20.8 Å². The molecule has 0 aliphatic rings. The van der Waals surface area contributed by atoms with Gasteiger partial charge in [-0.05, 0) is 12.3 Å². The average molecular weight is 232 g/mol. The van der Waals surface area contributed by atoms with Gasteiger partial charge < -0.3 is 21.3 Å². The topological polar surface area (TPSA) is 116 Å². The van der Waals surface area contributed by atoms with Gasteiger partial charge in [-0.25, -0.2) is 0 Å². The highest BCUT2D eigenvalue weighted by molar-refractivity contribution is 5.78. The number of rotatable bonds is 4. The lowest BCUT2D eigenvalue weighted by atomic mass is 9.87. The standard InChI is InChI=1S/C10H20N2O4/c1-5(6(11)8(13)14)16-9(15)7(12)10(2,3)4/h5-7H,11-12H2,1-4H3,(H,13,14)/t5-,6+,7-/m1/s1. The molecule has 0 aromatic rings. The van der Waals surface area contributed by atoms with E-state index in [0.717, 1.165) is 0 Å². The van der Waals surface area contributed by atoms with E-state index in [2.05, 4.69) is 0 Å². The number of carbonyl (C=O) groups excluding carboxylic acids is 1. The molecule has 0 amide bonds. The molecule has 0 radical (unpaired) electrons. The summed E-state index contributed by atoms with van der Waals surface area (Å²) < 4.78 is 4.89. The minimum Gasteiger partial charge on any atom is -0.480 e. The van der Waals surface area contributed by atoms with Gasteiger partial charge in [0.1, 0.15) is 18.2 Å². The average Bonchev–Trinajstić information content (AvgIpc) is 2.13. The van der Waals surface area contributed by atoms with E-state index in [-0.39, 0.29) is 0 Å². The molecule has 0 aromatic heterocycles. The molecule has 3 atom stereocenters. The van der Waals surface area contributed by atoms with Crippen molar-refractivity contribution in [2.75, 3.05) is 0 Å². The molecule has 0 aromatic carbocycles. The van der Waals surface area contributed by atoms with Crippen LogP contribution in [0.2, 0.25) is 0 Å². The normalized spacial score (nSPS) is 17.4. The lowest BCUT2D eigenvalue weighted by Gasteiger charge is -2.27. The maximum absolute atomic E-state index is 11.5. The van der Waals surface area contributed by atoms with E-state index in [9.17, 15) is 9.59 Å². The Kier molecular flexibility index (Phi) is 4.89. The fraction of sp³-hybridized carbons (Fsp3) is 0.800. The molecule has 0 aliphatic heterocycles. The molecule has 6 nitrogen and oxygen atoms in total. The second-order valence-electron chi connectivity index (χ2n) is 4.85. The summed E-state index contributed by atoms with van der Waals surface area (Å²) in [5.41, 5.74) is 10.5. The molecule has 0 rings (SSSR count). The summed E-state index contributed by atoms with van der Waals surface area (Å²) in [7, 11) is 0.